The van der Waals surface area contributed by atoms with E-state index in [0.29, 0.717) is 23.7 Å². The molecule has 0 aliphatic rings. The average molecular weight is 668 g/mol. The fraction of sp³-hybridized carbons (Fsp3) is 0.241. The summed E-state index contributed by atoms with van der Waals surface area (Å²) in [5.41, 5.74) is 1.82. The van der Waals surface area contributed by atoms with Crippen molar-refractivity contribution in [3.05, 3.63) is 102 Å². The molecule has 0 radical (unpaired) electrons. The van der Waals surface area contributed by atoms with Gasteiger partial charge < -0.3 is 25.8 Å². The number of aliphatic carboxylic acids is 1. The predicted molar refractivity (Wildman–Crippen MR) is 153 cm³/mol. The third kappa shape index (κ3) is 12.1. The van der Waals surface area contributed by atoms with Crippen LogP contribution in [0.1, 0.15) is 32.1 Å². The Morgan fingerprint density at radius 3 is 2.06 bits per heavy atom. The van der Waals surface area contributed by atoms with Gasteiger partial charge in [0.1, 0.15) is 18.1 Å². The Kier molecular flexibility index (Phi) is 12.8. The number of nitrogens with zero attached hydrogens (tertiary/aromatic N) is 4. The summed E-state index contributed by atoms with van der Waals surface area (Å²) in [6, 6.07) is 20.6. The molecule has 0 spiro atoms. The first kappa shape index (κ1) is 36.0. The smallest absolute Gasteiger partial charge is 0.475 e. The fourth-order valence-corrected chi connectivity index (χ4v) is 3.61. The van der Waals surface area contributed by atoms with Crippen LogP contribution < -0.4 is 16.0 Å². The third-order valence-electron chi connectivity index (χ3n) is 5.78. The van der Waals surface area contributed by atoms with Crippen LogP contribution in [0.4, 0.5) is 32.2 Å². The van der Waals surface area contributed by atoms with Crippen molar-refractivity contribution in [3.63, 3.8) is 0 Å². The average Bonchev–Trinajstić information content (AvgIpc) is 3.46. The number of carboxylic acid groups (broad SMARTS) is 1. The summed E-state index contributed by atoms with van der Waals surface area (Å²) in [5, 5.41) is 23.0. The van der Waals surface area contributed by atoms with Gasteiger partial charge in [0.05, 0.1) is 18.9 Å². The quantitative estimate of drug-likeness (QED) is 0.129. The van der Waals surface area contributed by atoms with Crippen molar-refractivity contribution in [1.29, 1.82) is 0 Å². The summed E-state index contributed by atoms with van der Waals surface area (Å²) in [6.45, 7) is -0.456. The second-order valence-corrected chi connectivity index (χ2v) is 9.32. The number of aromatic nitrogens is 4. The van der Waals surface area contributed by atoms with Gasteiger partial charge in [0.25, 0.3) is 11.8 Å². The normalized spacial score (nSPS) is 11.2. The molecule has 47 heavy (non-hydrogen) atoms. The van der Waals surface area contributed by atoms with Crippen molar-refractivity contribution < 1.29 is 50.6 Å². The van der Waals surface area contributed by atoms with Crippen LogP contribution >= 0.6 is 0 Å². The lowest BCUT2D eigenvalue weighted by molar-refractivity contribution is -0.192. The molecule has 0 unspecified atom stereocenters. The highest BCUT2D eigenvalue weighted by atomic mass is 19.4. The van der Waals surface area contributed by atoms with Crippen LogP contribution in [0.3, 0.4) is 0 Å². The van der Waals surface area contributed by atoms with Crippen LogP contribution in [0.2, 0.25) is 0 Å². The van der Waals surface area contributed by atoms with Gasteiger partial charge in [-0.3, -0.25) is 9.59 Å². The molecule has 2 amide bonds. The number of rotatable bonds is 12. The first-order valence-corrected chi connectivity index (χ1v) is 13.5. The van der Waals surface area contributed by atoms with E-state index in [0.717, 1.165) is 5.56 Å². The lowest BCUT2D eigenvalue weighted by Crippen LogP contribution is -2.33. The zero-order chi connectivity index (χ0) is 34.5. The lowest BCUT2D eigenvalue weighted by Gasteiger charge is -2.11. The molecule has 4 aromatic rings. The molecule has 250 valence electrons. The summed E-state index contributed by atoms with van der Waals surface area (Å²) >= 11 is 0. The molecule has 2 aromatic heterocycles. The van der Waals surface area contributed by atoms with Gasteiger partial charge in [0.15, 0.2) is 5.69 Å². The number of hydrogen-bond donors (Lipinski definition) is 4. The van der Waals surface area contributed by atoms with Crippen LogP contribution in [-0.4, -0.2) is 74.9 Å². The molecule has 12 nitrogen and oxygen atoms in total. The third-order valence-corrected chi connectivity index (χ3v) is 5.78. The molecule has 0 bridgehead atoms. The number of carboxylic acids is 1. The van der Waals surface area contributed by atoms with Crippen LogP contribution in [0.5, 0.6) is 0 Å². The van der Waals surface area contributed by atoms with E-state index in [9.17, 15) is 35.9 Å². The minimum absolute atomic E-state index is 0.00927. The van der Waals surface area contributed by atoms with Gasteiger partial charge in [-0.1, -0.05) is 41.6 Å². The first-order chi connectivity index (χ1) is 22.2. The Hall–Kier alpha value is -5.52. The maximum Gasteiger partial charge on any atom is 0.490 e. The molecule has 0 aliphatic carbocycles. The van der Waals surface area contributed by atoms with Gasteiger partial charge in [0, 0.05) is 24.8 Å². The number of alkyl halides is 6. The van der Waals surface area contributed by atoms with E-state index in [-0.39, 0.29) is 31.0 Å². The number of carbonyl (C=O) groups excluding carboxylic acids is 2. The Bertz CT molecular complexity index is 1600. The van der Waals surface area contributed by atoms with Gasteiger partial charge >= 0.3 is 18.3 Å². The second kappa shape index (κ2) is 16.7. The molecule has 0 fully saturated rings. The highest BCUT2D eigenvalue weighted by Crippen LogP contribution is 2.18. The Morgan fingerprint density at radius 2 is 1.47 bits per heavy atom. The predicted octanol–water partition coefficient (Wildman–Crippen LogP) is 4.15. The van der Waals surface area contributed by atoms with Crippen molar-refractivity contribution in [1.82, 2.24) is 30.6 Å². The molecule has 4 N–H and O–H groups in total. The zero-order valence-electron chi connectivity index (χ0n) is 24.2. The van der Waals surface area contributed by atoms with Crippen molar-refractivity contribution in [2.75, 3.05) is 25.0 Å². The van der Waals surface area contributed by atoms with Gasteiger partial charge in [-0.2, -0.15) is 26.3 Å². The molecule has 0 aliphatic heterocycles. The summed E-state index contributed by atoms with van der Waals surface area (Å²) in [4.78, 5) is 38.1. The van der Waals surface area contributed by atoms with Crippen LogP contribution in [-0.2, 0) is 22.7 Å². The van der Waals surface area contributed by atoms with Crippen molar-refractivity contribution in [2.45, 2.75) is 25.6 Å². The number of nitrogens with one attached hydrogen (secondary N) is 3. The monoisotopic (exact) mass is 667 g/mol. The van der Waals surface area contributed by atoms with E-state index < -0.39 is 36.7 Å². The lowest BCUT2D eigenvalue weighted by atomic mass is 10.2. The fourth-order valence-electron chi connectivity index (χ4n) is 3.61. The summed E-state index contributed by atoms with van der Waals surface area (Å²) in [6.07, 6.45) is -7.95. The summed E-state index contributed by atoms with van der Waals surface area (Å²) in [7, 11) is 0. The van der Waals surface area contributed by atoms with Gasteiger partial charge in [-0.05, 0) is 42.0 Å². The number of amides is 2. The van der Waals surface area contributed by atoms with E-state index in [1.54, 1.807) is 18.3 Å². The highest BCUT2D eigenvalue weighted by molar-refractivity contribution is 5.94. The van der Waals surface area contributed by atoms with E-state index >= 15 is 0 Å². The topological polar surface area (TPSA) is 160 Å². The van der Waals surface area contributed by atoms with Crippen molar-refractivity contribution >= 4 is 23.6 Å². The second-order valence-electron chi connectivity index (χ2n) is 9.32. The number of benzene rings is 2. The number of anilines is 1. The van der Waals surface area contributed by atoms with E-state index in [1.807, 2.05) is 41.7 Å². The Labute approximate surface area is 262 Å². The number of hydrogen-bond acceptors (Lipinski definition) is 8. The van der Waals surface area contributed by atoms with Crippen molar-refractivity contribution in [3.8, 4) is 5.69 Å². The summed E-state index contributed by atoms with van der Waals surface area (Å²) in [5.74, 6) is -3.41. The van der Waals surface area contributed by atoms with E-state index in [2.05, 4.69) is 25.9 Å². The minimum atomic E-state index is -5.08. The molecule has 0 saturated carbocycles. The molecule has 4 rings (SSSR count). The van der Waals surface area contributed by atoms with Crippen LogP contribution in [0.25, 0.3) is 5.69 Å². The standard InChI is InChI=1S/C27H26F3N7O3.C2HF3O2/c28-27(29,30)18-34-25(38)20-9-11-21(12-10-20)37-22(17-40-16-19-6-2-1-3-7-19)24(35-36-37)26(39)33-15-14-32-23-8-4-5-13-31-23;3-2(4,5)1(6)7/h1-13H,14-18H2,(H,31,32)(H,33,39)(H,34,38);(H,6,7). The first-order valence-electron chi connectivity index (χ1n) is 13.5. The van der Waals surface area contributed by atoms with Crippen molar-refractivity contribution in [2.24, 2.45) is 0 Å². The number of carbonyl (C=O) groups is 3. The van der Waals surface area contributed by atoms with Crippen LogP contribution in [0, 0.1) is 0 Å². The molecule has 2 aromatic carbocycles. The zero-order valence-corrected chi connectivity index (χ0v) is 24.2. The van der Waals surface area contributed by atoms with E-state index in [4.69, 9.17) is 14.6 Å². The number of halogens is 6. The number of pyridine rings is 1. The molecule has 2 heterocycles. The van der Waals surface area contributed by atoms with Gasteiger partial charge in [-0.25, -0.2) is 14.5 Å². The highest BCUT2D eigenvalue weighted by Gasteiger charge is 2.38. The number of ether oxygens (including phenoxy) is 1. The SMILES string of the molecule is O=C(NCC(F)(F)F)c1ccc(-n2nnc(C(=O)NCCNc3ccccn3)c2COCc2ccccc2)cc1.O=C(O)C(F)(F)F. The molecular formula is C29H27F6N7O5. The minimum Gasteiger partial charge on any atom is -0.475 e. The van der Waals surface area contributed by atoms with E-state index in [1.165, 1.54) is 28.9 Å². The maximum atomic E-state index is 13.0. The molecular weight excluding hydrogens is 640 g/mol. The summed E-state index contributed by atoms with van der Waals surface area (Å²) < 4.78 is 76.3. The van der Waals surface area contributed by atoms with Gasteiger partial charge in [-0.15, -0.1) is 5.10 Å². The molecule has 18 heteroatoms. The molecule has 0 atom stereocenters. The largest absolute Gasteiger partial charge is 0.490 e. The maximum absolute atomic E-state index is 13.0. The van der Waals surface area contributed by atoms with Gasteiger partial charge in [0.2, 0.25) is 0 Å². The Morgan fingerprint density at radius 1 is 0.809 bits per heavy atom. The molecule has 0 saturated heterocycles. The Balaban J connectivity index is 0.000000771. The van der Waals surface area contributed by atoms with Crippen LogP contribution in [0.15, 0.2) is 79.0 Å².